The van der Waals surface area contributed by atoms with Crippen LogP contribution in [0.5, 0.6) is 5.75 Å². The van der Waals surface area contributed by atoms with Gasteiger partial charge in [-0.3, -0.25) is 0 Å². The first-order valence-electron chi connectivity index (χ1n) is 8.96. The second-order valence-electron chi connectivity index (χ2n) is 6.48. The Labute approximate surface area is 175 Å². The Morgan fingerprint density at radius 1 is 0.903 bits per heavy atom. The Balaban J connectivity index is 1.99. The highest BCUT2D eigenvalue weighted by Gasteiger charge is 2.38. The molecule has 0 spiro atoms. The molecular formula is C19H20F6N2O3S. The van der Waals surface area contributed by atoms with Gasteiger partial charge in [-0.1, -0.05) is 18.2 Å². The van der Waals surface area contributed by atoms with Gasteiger partial charge in [0.15, 0.2) is 0 Å². The SMILES string of the molecule is COc1ccccc1CNCCCNS(=O)(=O)c1cc(C(F)(F)F)cc(C(F)(F)F)c1. The smallest absolute Gasteiger partial charge is 0.416 e. The summed E-state index contributed by atoms with van der Waals surface area (Å²) < 4.78 is 109. The average molecular weight is 470 g/mol. The minimum atomic E-state index is -5.13. The van der Waals surface area contributed by atoms with Crippen LogP contribution in [0.4, 0.5) is 26.3 Å². The van der Waals surface area contributed by atoms with E-state index < -0.39 is 38.4 Å². The third-order valence-electron chi connectivity index (χ3n) is 4.20. The van der Waals surface area contributed by atoms with Gasteiger partial charge in [0.1, 0.15) is 5.75 Å². The fourth-order valence-corrected chi connectivity index (χ4v) is 3.80. The number of methoxy groups -OCH3 is 1. The van der Waals surface area contributed by atoms with Gasteiger partial charge in [0.05, 0.1) is 23.1 Å². The molecule has 5 nitrogen and oxygen atoms in total. The van der Waals surface area contributed by atoms with Crippen molar-refractivity contribution in [2.75, 3.05) is 20.2 Å². The minimum Gasteiger partial charge on any atom is -0.496 e. The molecule has 0 amide bonds. The lowest BCUT2D eigenvalue weighted by Gasteiger charge is -2.15. The van der Waals surface area contributed by atoms with E-state index in [2.05, 4.69) is 5.32 Å². The lowest BCUT2D eigenvalue weighted by Crippen LogP contribution is -2.28. The predicted molar refractivity (Wildman–Crippen MR) is 101 cm³/mol. The molecular weight excluding hydrogens is 450 g/mol. The maximum Gasteiger partial charge on any atom is 0.416 e. The summed E-state index contributed by atoms with van der Waals surface area (Å²) in [6, 6.07) is 7.46. The molecule has 2 aromatic rings. The number of para-hydroxylation sites is 1. The molecule has 0 aliphatic carbocycles. The molecule has 2 aromatic carbocycles. The normalized spacial score (nSPS) is 12.7. The van der Waals surface area contributed by atoms with Crippen LogP contribution in [0.1, 0.15) is 23.1 Å². The Hall–Kier alpha value is -2.31. The molecule has 2 rings (SSSR count). The van der Waals surface area contributed by atoms with Crippen LogP contribution in [0, 0.1) is 0 Å². The van der Waals surface area contributed by atoms with Crippen molar-refractivity contribution in [1.29, 1.82) is 0 Å². The number of alkyl halides is 6. The van der Waals surface area contributed by atoms with Crippen molar-refractivity contribution < 1.29 is 39.5 Å². The van der Waals surface area contributed by atoms with Gasteiger partial charge in [0, 0.05) is 18.7 Å². The molecule has 0 aromatic heterocycles. The van der Waals surface area contributed by atoms with Crippen molar-refractivity contribution in [1.82, 2.24) is 10.0 Å². The van der Waals surface area contributed by atoms with E-state index in [9.17, 15) is 34.8 Å². The van der Waals surface area contributed by atoms with Gasteiger partial charge < -0.3 is 10.1 Å². The number of halogens is 6. The molecule has 31 heavy (non-hydrogen) atoms. The number of nitrogens with one attached hydrogen (secondary N) is 2. The Kier molecular flexibility index (Phi) is 7.95. The van der Waals surface area contributed by atoms with E-state index in [1.165, 1.54) is 7.11 Å². The highest BCUT2D eigenvalue weighted by atomic mass is 32.2. The molecule has 0 radical (unpaired) electrons. The number of rotatable bonds is 9. The van der Waals surface area contributed by atoms with Gasteiger partial charge in [0.25, 0.3) is 0 Å². The predicted octanol–water partition coefficient (Wildman–Crippen LogP) is 4.19. The number of ether oxygens (including phenoxy) is 1. The van der Waals surface area contributed by atoms with E-state index in [-0.39, 0.29) is 31.2 Å². The number of sulfonamides is 1. The zero-order chi connectivity index (χ0) is 23.3. The van der Waals surface area contributed by atoms with Crippen molar-refractivity contribution in [3.63, 3.8) is 0 Å². The van der Waals surface area contributed by atoms with Crippen LogP contribution in [-0.4, -0.2) is 28.6 Å². The van der Waals surface area contributed by atoms with Crippen molar-refractivity contribution >= 4 is 10.0 Å². The van der Waals surface area contributed by atoms with Gasteiger partial charge >= 0.3 is 12.4 Å². The molecule has 0 aliphatic heterocycles. The monoisotopic (exact) mass is 470 g/mol. The summed E-state index contributed by atoms with van der Waals surface area (Å²) in [6.07, 6.45) is -10.0. The van der Waals surface area contributed by atoms with Crippen LogP contribution in [0.3, 0.4) is 0 Å². The van der Waals surface area contributed by atoms with Crippen LogP contribution < -0.4 is 14.8 Å². The minimum absolute atomic E-state index is 0.124. The van der Waals surface area contributed by atoms with E-state index in [0.29, 0.717) is 18.8 Å². The van der Waals surface area contributed by atoms with Crippen LogP contribution in [0.15, 0.2) is 47.4 Å². The first kappa shape index (κ1) is 25.0. The van der Waals surface area contributed by atoms with E-state index in [1.54, 1.807) is 12.1 Å². The summed E-state index contributed by atoms with van der Waals surface area (Å²) in [4.78, 5) is -1.10. The molecule has 0 bridgehead atoms. The lowest BCUT2D eigenvalue weighted by atomic mass is 10.1. The first-order chi connectivity index (χ1) is 14.3. The van der Waals surface area contributed by atoms with Crippen molar-refractivity contribution in [2.45, 2.75) is 30.2 Å². The zero-order valence-corrected chi connectivity index (χ0v) is 17.1. The zero-order valence-electron chi connectivity index (χ0n) is 16.3. The topological polar surface area (TPSA) is 67.4 Å². The largest absolute Gasteiger partial charge is 0.496 e. The third-order valence-corrected chi connectivity index (χ3v) is 5.64. The van der Waals surface area contributed by atoms with Crippen molar-refractivity contribution in [3.8, 4) is 5.75 Å². The summed E-state index contributed by atoms with van der Waals surface area (Å²) in [5, 5.41) is 3.05. The Morgan fingerprint density at radius 3 is 2.03 bits per heavy atom. The van der Waals surface area contributed by atoms with Crippen molar-refractivity contribution in [2.24, 2.45) is 0 Å². The summed E-state index contributed by atoms with van der Waals surface area (Å²) in [5.41, 5.74) is -2.52. The van der Waals surface area contributed by atoms with Crippen molar-refractivity contribution in [3.05, 3.63) is 59.2 Å². The van der Waals surface area contributed by atoms with Gasteiger partial charge in [-0.2, -0.15) is 26.3 Å². The Bertz CT molecular complexity index is 959. The highest BCUT2D eigenvalue weighted by Crippen LogP contribution is 2.37. The molecule has 172 valence electrons. The van der Waals surface area contributed by atoms with E-state index in [1.807, 2.05) is 16.9 Å². The molecule has 0 saturated carbocycles. The second-order valence-corrected chi connectivity index (χ2v) is 8.25. The number of hydrogen-bond acceptors (Lipinski definition) is 4. The number of benzene rings is 2. The third kappa shape index (κ3) is 7.11. The maximum atomic E-state index is 12.9. The van der Waals surface area contributed by atoms with Crippen LogP contribution in [0.2, 0.25) is 0 Å². The molecule has 0 unspecified atom stereocenters. The molecule has 0 heterocycles. The van der Waals surface area contributed by atoms with Crippen LogP contribution in [-0.2, 0) is 28.9 Å². The van der Waals surface area contributed by atoms with E-state index in [4.69, 9.17) is 4.74 Å². The molecule has 0 saturated heterocycles. The second kappa shape index (κ2) is 9.88. The van der Waals surface area contributed by atoms with Gasteiger partial charge in [-0.05, 0) is 37.2 Å². The van der Waals surface area contributed by atoms with E-state index >= 15 is 0 Å². The summed E-state index contributed by atoms with van der Waals surface area (Å²) in [7, 11) is -3.05. The lowest BCUT2D eigenvalue weighted by molar-refractivity contribution is -0.143. The highest BCUT2D eigenvalue weighted by molar-refractivity contribution is 7.89. The van der Waals surface area contributed by atoms with Gasteiger partial charge in [-0.25, -0.2) is 13.1 Å². The van der Waals surface area contributed by atoms with E-state index in [0.717, 1.165) is 5.56 Å². The molecule has 0 atom stereocenters. The maximum absolute atomic E-state index is 12.9. The summed E-state index contributed by atoms with van der Waals surface area (Å²) in [5.74, 6) is 0.667. The fraction of sp³-hybridized carbons (Fsp3) is 0.368. The molecule has 0 aliphatic rings. The number of hydrogen-bond donors (Lipinski definition) is 2. The standard InChI is InChI=1S/C19H20F6N2O3S/c1-30-17-6-3-2-5-13(17)12-26-7-4-8-27-31(28,29)16-10-14(18(20,21)22)9-15(11-16)19(23,24)25/h2-3,5-6,9-11,26-27H,4,7-8,12H2,1H3. The fourth-order valence-electron chi connectivity index (χ4n) is 2.66. The van der Waals surface area contributed by atoms with Gasteiger partial charge in [-0.15, -0.1) is 0 Å². The molecule has 0 fully saturated rings. The molecule has 2 N–H and O–H groups in total. The summed E-state index contributed by atoms with van der Waals surface area (Å²) >= 11 is 0. The van der Waals surface area contributed by atoms with Crippen LogP contribution >= 0.6 is 0 Å². The van der Waals surface area contributed by atoms with Crippen LogP contribution in [0.25, 0.3) is 0 Å². The summed E-state index contributed by atoms with van der Waals surface area (Å²) in [6.45, 7) is 0.592. The average Bonchev–Trinajstić information content (AvgIpc) is 2.69. The van der Waals surface area contributed by atoms with Gasteiger partial charge in [0.2, 0.25) is 10.0 Å². The Morgan fingerprint density at radius 2 is 1.48 bits per heavy atom. The molecule has 12 heteroatoms. The first-order valence-corrected chi connectivity index (χ1v) is 10.4. The quantitative estimate of drug-likeness (QED) is 0.426.